The number of carboxylic acids is 1. The lowest BCUT2D eigenvalue weighted by Crippen LogP contribution is -2.15. The van der Waals surface area contributed by atoms with Crippen LogP contribution in [0.5, 0.6) is 0 Å². The normalized spacial score (nSPS) is 10.9. The number of aryl methyl sites for hydroxylation is 1. The van der Waals surface area contributed by atoms with Crippen LogP contribution in [0.3, 0.4) is 0 Å². The lowest BCUT2D eigenvalue weighted by atomic mass is 10.2. The topological polar surface area (TPSA) is 123 Å². The second-order valence-corrected chi connectivity index (χ2v) is 11.2. The van der Waals surface area contributed by atoms with Gasteiger partial charge in [0.2, 0.25) is 0 Å². The summed E-state index contributed by atoms with van der Waals surface area (Å²) in [7, 11) is 1.81. The number of carbonyl (C=O) groups is 2. The highest BCUT2D eigenvalue weighted by atomic mass is 32.2. The molecule has 2 N–H and O–H groups in total. The maximum absolute atomic E-state index is 13.2. The summed E-state index contributed by atoms with van der Waals surface area (Å²) in [4.78, 5) is 34.2. The number of benzene rings is 1. The molecule has 14 heteroatoms. The van der Waals surface area contributed by atoms with E-state index in [2.05, 4.69) is 25.5 Å². The van der Waals surface area contributed by atoms with E-state index in [1.54, 1.807) is 47.3 Å². The molecule has 1 amide bonds. The van der Waals surface area contributed by atoms with Crippen molar-refractivity contribution in [3.05, 3.63) is 60.2 Å². The number of aromatic nitrogens is 5. The van der Waals surface area contributed by atoms with E-state index < -0.39 is 18.6 Å². The predicted octanol–water partition coefficient (Wildman–Crippen LogP) is 4.87. The van der Waals surface area contributed by atoms with Crippen molar-refractivity contribution in [2.75, 3.05) is 11.1 Å². The second-order valence-electron chi connectivity index (χ2n) is 6.82. The van der Waals surface area contributed by atoms with E-state index in [4.69, 9.17) is 5.11 Å². The van der Waals surface area contributed by atoms with Gasteiger partial charge in [-0.1, -0.05) is 35.2 Å². The van der Waals surface area contributed by atoms with Crippen molar-refractivity contribution >= 4 is 63.6 Å². The fraction of sp³-hybridized carbons (Fsp3) is 0.143. The van der Waals surface area contributed by atoms with Gasteiger partial charge in [0.15, 0.2) is 10.3 Å². The summed E-state index contributed by atoms with van der Waals surface area (Å²) in [5.41, 5.74) is 0.757. The number of anilines is 1. The zero-order valence-corrected chi connectivity index (χ0v) is 21.3. The van der Waals surface area contributed by atoms with Gasteiger partial charge in [0.25, 0.3) is 5.91 Å². The molecule has 180 valence electrons. The average molecular weight is 549 g/mol. The standard InChI is InChI=1S/C21H17FN6O3S4/c1-28-11-24-27-21(28)34-15-7-6-14(33-13-4-2-12(8-22)3-5-13)18(25-15)19(31)26-20-23-9-17(35-20)32-10-16(29)30/h2-7,9,11H,8,10H2,1H3,(H,29,30)(H,23,26,31). The van der Waals surface area contributed by atoms with Gasteiger partial charge < -0.3 is 9.67 Å². The molecule has 0 bridgehead atoms. The fourth-order valence-electron chi connectivity index (χ4n) is 2.64. The zero-order chi connectivity index (χ0) is 24.8. The Hall–Kier alpha value is -2.94. The Morgan fingerprint density at radius 1 is 1.17 bits per heavy atom. The van der Waals surface area contributed by atoms with Gasteiger partial charge in [-0.05, 0) is 41.6 Å². The van der Waals surface area contributed by atoms with Crippen molar-refractivity contribution in [1.82, 2.24) is 24.7 Å². The van der Waals surface area contributed by atoms with E-state index >= 15 is 0 Å². The number of rotatable bonds is 10. The van der Waals surface area contributed by atoms with Crippen LogP contribution in [-0.4, -0.2) is 47.5 Å². The summed E-state index contributed by atoms with van der Waals surface area (Å²) in [6, 6.07) is 10.6. The van der Waals surface area contributed by atoms with Crippen LogP contribution in [0.1, 0.15) is 16.1 Å². The number of alkyl halides is 1. The lowest BCUT2D eigenvalue weighted by molar-refractivity contribution is -0.133. The highest BCUT2D eigenvalue weighted by Gasteiger charge is 2.19. The van der Waals surface area contributed by atoms with E-state index in [1.807, 2.05) is 7.05 Å². The van der Waals surface area contributed by atoms with E-state index in [0.29, 0.717) is 30.0 Å². The summed E-state index contributed by atoms with van der Waals surface area (Å²) < 4.78 is 15.3. The van der Waals surface area contributed by atoms with Gasteiger partial charge in [-0.2, -0.15) is 0 Å². The minimum Gasteiger partial charge on any atom is -0.481 e. The third kappa shape index (κ3) is 6.81. The first-order valence-electron chi connectivity index (χ1n) is 9.88. The van der Waals surface area contributed by atoms with E-state index in [9.17, 15) is 14.0 Å². The Morgan fingerprint density at radius 2 is 1.97 bits per heavy atom. The Kier molecular flexibility index (Phi) is 8.38. The summed E-state index contributed by atoms with van der Waals surface area (Å²) in [5.74, 6) is -1.49. The third-order valence-corrected chi connectivity index (χ3v) is 8.40. The minimum absolute atomic E-state index is 0.0968. The van der Waals surface area contributed by atoms with Crippen molar-refractivity contribution in [1.29, 1.82) is 0 Å². The van der Waals surface area contributed by atoms with Crippen LogP contribution in [0.15, 0.2) is 73.1 Å². The van der Waals surface area contributed by atoms with Gasteiger partial charge in [0.05, 0.1) is 16.2 Å². The lowest BCUT2D eigenvalue weighted by Gasteiger charge is -2.10. The van der Waals surface area contributed by atoms with Gasteiger partial charge in [-0.15, -0.1) is 22.0 Å². The molecule has 35 heavy (non-hydrogen) atoms. The summed E-state index contributed by atoms with van der Waals surface area (Å²) in [6.45, 7) is -0.547. The van der Waals surface area contributed by atoms with Crippen molar-refractivity contribution in [2.24, 2.45) is 7.05 Å². The summed E-state index contributed by atoms with van der Waals surface area (Å²) in [5, 5.41) is 21.0. The SMILES string of the molecule is Cn1cnnc1Sc1ccc(Sc2ccc(CF)cc2)c(C(=O)Nc2ncc(SCC(=O)O)s2)n1. The van der Waals surface area contributed by atoms with Crippen LogP contribution in [-0.2, 0) is 18.5 Å². The molecular formula is C21H17FN6O3S4. The first-order valence-corrected chi connectivity index (χ1v) is 13.3. The molecule has 3 heterocycles. The van der Waals surface area contributed by atoms with Crippen molar-refractivity contribution in [3.8, 4) is 0 Å². The molecule has 4 aromatic rings. The molecule has 3 aromatic heterocycles. The number of halogens is 1. The average Bonchev–Trinajstić information content (AvgIpc) is 3.47. The van der Waals surface area contributed by atoms with Gasteiger partial charge in [0.1, 0.15) is 23.7 Å². The number of amides is 1. The highest BCUT2D eigenvalue weighted by Crippen LogP contribution is 2.34. The molecule has 0 saturated heterocycles. The van der Waals surface area contributed by atoms with Crippen molar-refractivity contribution in [3.63, 3.8) is 0 Å². The number of carbonyl (C=O) groups excluding carboxylic acids is 1. The molecule has 0 fully saturated rings. The quantitative estimate of drug-likeness (QED) is 0.265. The smallest absolute Gasteiger partial charge is 0.313 e. The molecule has 0 saturated carbocycles. The number of pyridine rings is 1. The number of thiazole rings is 1. The number of hydrogen-bond acceptors (Lipinski definition) is 10. The van der Waals surface area contributed by atoms with Crippen LogP contribution >= 0.6 is 46.6 Å². The molecule has 0 aliphatic carbocycles. The molecule has 0 atom stereocenters. The highest BCUT2D eigenvalue weighted by molar-refractivity contribution is 8.01. The molecule has 9 nitrogen and oxygen atoms in total. The number of carboxylic acid groups (broad SMARTS) is 1. The van der Waals surface area contributed by atoms with Crippen molar-refractivity contribution < 1.29 is 19.1 Å². The fourth-order valence-corrected chi connectivity index (χ4v) is 5.86. The van der Waals surface area contributed by atoms with Gasteiger partial charge in [-0.25, -0.2) is 14.4 Å². The van der Waals surface area contributed by atoms with Crippen LogP contribution in [0.2, 0.25) is 0 Å². The Morgan fingerprint density at radius 3 is 2.66 bits per heavy atom. The first-order chi connectivity index (χ1) is 16.9. The second kappa shape index (κ2) is 11.7. The number of hydrogen-bond donors (Lipinski definition) is 2. The molecule has 0 unspecified atom stereocenters. The predicted molar refractivity (Wildman–Crippen MR) is 133 cm³/mol. The van der Waals surface area contributed by atoms with Gasteiger partial charge in [0, 0.05) is 16.8 Å². The maximum Gasteiger partial charge on any atom is 0.313 e. The Bertz CT molecular complexity index is 1350. The van der Waals surface area contributed by atoms with E-state index in [0.717, 1.165) is 16.7 Å². The van der Waals surface area contributed by atoms with E-state index in [-0.39, 0.29) is 11.4 Å². The third-order valence-electron chi connectivity index (χ3n) is 4.26. The number of aliphatic carboxylic acids is 1. The van der Waals surface area contributed by atoms with Crippen LogP contribution in [0, 0.1) is 0 Å². The van der Waals surface area contributed by atoms with Gasteiger partial charge >= 0.3 is 5.97 Å². The minimum atomic E-state index is -0.934. The van der Waals surface area contributed by atoms with Gasteiger partial charge in [-0.3, -0.25) is 14.9 Å². The van der Waals surface area contributed by atoms with Crippen LogP contribution < -0.4 is 5.32 Å². The zero-order valence-electron chi connectivity index (χ0n) is 18.0. The molecule has 0 aliphatic rings. The monoisotopic (exact) mass is 548 g/mol. The number of nitrogens with one attached hydrogen (secondary N) is 1. The molecular weight excluding hydrogens is 532 g/mol. The van der Waals surface area contributed by atoms with Crippen LogP contribution in [0.25, 0.3) is 0 Å². The van der Waals surface area contributed by atoms with Crippen LogP contribution in [0.4, 0.5) is 9.52 Å². The largest absolute Gasteiger partial charge is 0.481 e. The molecule has 0 radical (unpaired) electrons. The molecule has 4 rings (SSSR count). The number of thioether (sulfide) groups is 1. The molecule has 0 spiro atoms. The van der Waals surface area contributed by atoms with Crippen molar-refractivity contribution in [2.45, 2.75) is 30.9 Å². The molecule has 0 aliphatic heterocycles. The Balaban J connectivity index is 1.59. The van der Waals surface area contributed by atoms with E-state index in [1.165, 1.54) is 41.1 Å². The maximum atomic E-state index is 13.2. The molecule has 1 aromatic carbocycles. The summed E-state index contributed by atoms with van der Waals surface area (Å²) in [6.07, 6.45) is 3.09. The first kappa shape index (κ1) is 25.2. The Labute approximate surface area is 216 Å². The number of nitrogens with zero attached hydrogens (tertiary/aromatic N) is 5. The summed E-state index contributed by atoms with van der Waals surface area (Å²) >= 11 is 4.91.